The molecule has 13 heteroatoms. The van der Waals surface area contributed by atoms with Crippen LogP contribution >= 0.6 is 11.6 Å². The number of rotatable bonds is 8. The maximum atomic E-state index is 14.3. The van der Waals surface area contributed by atoms with Gasteiger partial charge >= 0.3 is 6.18 Å². The Morgan fingerprint density at radius 1 is 1.05 bits per heavy atom. The van der Waals surface area contributed by atoms with Crippen molar-refractivity contribution in [3.05, 3.63) is 71.2 Å². The molecule has 0 aromatic heterocycles. The lowest BCUT2D eigenvalue weighted by Gasteiger charge is -2.29. The molecule has 44 heavy (non-hydrogen) atoms. The minimum absolute atomic E-state index is 0.238. The minimum Gasteiger partial charge on any atom is -0.484 e. The second-order valence-corrected chi connectivity index (χ2v) is 14.3. The first kappa shape index (κ1) is 30.2. The van der Waals surface area contributed by atoms with E-state index >= 15 is 0 Å². The molecule has 8 nitrogen and oxygen atoms in total. The van der Waals surface area contributed by atoms with Crippen molar-refractivity contribution in [3.8, 4) is 11.8 Å². The second-order valence-electron chi connectivity index (χ2n) is 11.7. The van der Waals surface area contributed by atoms with Crippen molar-refractivity contribution in [3.63, 3.8) is 0 Å². The number of halogens is 4. The van der Waals surface area contributed by atoms with Gasteiger partial charge in [-0.2, -0.15) is 18.4 Å². The van der Waals surface area contributed by atoms with Crippen LogP contribution in [0.4, 0.5) is 13.2 Å². The Labute approximate surface area is 256 Å². The summed E-state index contributed by atoms with van der Waals surface area (Å²) in [6.45, 7) is -1.87. The zero-order valence-corrected chi connectivity index (χ0v) is 24.8. The summed E-state index contributed by atoms with van der Waals surface area (Å²) in [4.78, 5) is 28.7. The fourth-order valence-electron chi connectivity index (χ4n) is 5.86. The molecule has 1 saturated heterocycles. The van der Waals surface area contributed by atoms with Gasteiger partial charge in [-0.3, -0.25) is 9.59 Å². The first-order valence-corrected chi connectivity index (χ1v) is 16.0. The lowest BCUT2D eigenvalue weighted by molar-refractivity contribution is -0.153. The number of fused-ring (bicyclic) bond motifs is 1. The van der Waals surface area contributed by atoms with Crippen LogP contribution in [0.3, 0.4) is 0 Å². The van der Waals surface area contributed by atoms with Crippen molar-refractivity contribution < 1.29 is 35.9 Å². The largest absolute Gasteiger partial charge is 0.484 e. The van der Waals surface area contributed by atoms with Crippen molar-refractivity contribution >= 4 is 44.0 Å². The number of ether oxygens (including phenoxy) is 1. The zero-order chi connectivity index (χ0) is 31.5. The third kappa shape index (κ3) is 5.59. The molecule has 3 fully saturated rings. The van der Waals surface area contributed by atoms with E-state index in [1.807, 2.05) is 42.5 Å². The van der Waals surface area contributed by atoms with Crippen LogP contribution in [0.15, 0.2) is 65.6 Å². The van der Waals surface area contributed by atoms with Crippen molar-refractivity contribution in [1.29, 1.82) is 5.26 Å². The molecule has 2 aliphatic carbocycles. The number of nitriles is 1. The molecule has 0 radical (unpaired) electrons. The number of alkyl halides is 3. The Morgan fingerprint density at radius 2 is 1.75 bits per heavy atom. The van der Waals surface area contributed by atoms with Gasteiger partial charge in [0.15, 0.2) is 16.4 Å². The predicted octanol–water partition coefficient (Wildman–Crippen LogP) is 5.08. The molecule has 1 aliphatic heterocycles. The van der Waals surface area contributed by atoms with E-state index in [0.717, 1.165) is 34.5 Å². The average molecular weight is 646 g/mol. The van der Waals surface area contributed by atoms with E-state index in [4.69, 9.17) is 11.6 Å². The normalized spacial score (nSPS) is 21.8. The van der Waals surface area contributed by atoms with Gasteiger partial charge in [0.2, 0.25) is 11.8 Å². The number of sulfone groups is 1. The van der Waals surface area contributed by atoms with Crippen molar-refractivity contribution in [2.24, 2.45) is 0 Å². The first-order chi connectivity index (χ1) is 20.8. The highest BCUT2D eigenvalue weighted by Crippen LogP contribution is 2.51. The molecule has 2 amide bonds. The second kappa shape index (κ2) is 10.7. The van der Waals surface area contributed by atoms with Gasteiger partial charge in [-0.1, -0.05) is 54.1 Å². The summed E-state index contributed by atoms with van der Waals surface area (Å²) in [7, 11) is -4.26. The van der Waals surface area contributed by atoms with Crippen molar-refractivity contribution in [2.75, 3.05) is 13.2 Å². The number of hydrogen-bond acceptors (Lipinski definition) is 6. The summed E-state index contributed by atoms with van der Waals surface area (Å²) >= 11 is 6.23. The number of nitrogens with one attached hydrogen (secondary N) is 1. The number of carbonyl (C=O) groups is 2. The summed E-state index contributed by atoms with van der Waals surface area (Å²) in [5.74, 6) is -1.23. The van der Waals surface area contributed by atoms with Gasteiger partial charge in [0.1, 0.15) is 17.3 Å². The summed E-state index contributed by atoms with van der Waals surface area (Å²) in [6, 6.07) is 17.5. The van der Waals surface area contributed by atoms with Crippen molar-refractivity contribution in [2.45, 2.75) is 65.4 Å². The molecule has 230 valence electrons. The molecule has 6 rings (SSSR count). The first-order valence-electron chi connectivity index (χ1n) is 14.0. The van der Waals surface area contributed by atoms with Crippen LogP contribution in [0.1, 0.15) is 37.7 Å². The molecule has 3 aliphatic rings. The SMILES string of the molecule is N#CC1(NC(=O)C2CC(S(=O)(=O)c3ccc(OCC(F)(F)F)cc3Cl)CN2C(=O)C2(c3ccc4ccccc4c3)CC2)CC1. The van der Waals surface area contributed by atoms with Crippen molar-refractivity contribution in [1.82, 2.24) is 10.2 Å². The summed E-state index contributed by atoms with van der Waals surface area (Å²) in [5.41, 5.74) is -1.17. The van der Waals surface area contributed by atoms with E-state index in [0.29, 0.717) is 25.7 Å². The highest BCUT2D eigenvalue weighted by molar-refractivity contribution is 7.92. The lowest BCUT2D eigenvalue weighted by Crippen LogP contribution is -2.51. The van der Waals surface area contributed by atoms with Gasteiger partial charge in [-0.05, 0) is 60.6 Å². The van der Waals surface area contributed by atoms with Crippen LogP contribution in [-0.4, -0.2) is 61.3 Å². The van der Waals surface area contributed by atoms with E-state index in [2.05, 4.69) is 16.1 Å². The predicted molar refractivity (Wildman–Crippen MR) is 155 cm³/mol. The Morgan fingerprint density at radius 3 is 2.36 bits per heavy atom. The van der Waals surface area contributed by atoms with Crippen LogP contribution in [-0.2, 0) is 24.8 Å². The Balaban J connectivity index is 1.30. The lowest BCUT2D eigenvalue weighted by atomic mass is 9.92. The van der Waals surface area contributed by atoms with Gasteiger partial charge in [0.25, 0.3) is 0 Å². The van der Waals surface area contributed by atoms with Gasteiger partial charge in [0, 0.05) is 12.6 Å². The minimum atomic E-state index is -4.59. The third-order valence-corrected chi connectivity index (χ3v) is 11.3. The smallest absolute Gasteiger partial charge is 0.422 e. The number of amides is 2. The molecule has 1 heterocycles. The Kier molecular flexibility index (Phi) is 7.32. The maximum Gasteiger partial charge on any atom is 0.422 e. The van der Waals surface area contributed by atoms with E-state index in [-0.39, 0.29) is 34.5 Å². The van der Waals surface area contributed by atoms with Crippen LogP contribution in [0.25, 0.3) is 10.8 Å². The molecule has 2 atom stereocenters. The molecule has 0 spiro atoms. The van der Waals surface area contributed by atoms with Gasteiger partial charge in [-0.25, -0.2) is 8.42 Å². The van der Waals surface area contributed by atoms with E-state index in [9.17, 15) is 36.4 Å². The maximum absolute atomic E-state index is 14.3. The highest BCUT2D eigenvalue weighted by Gasteiger charge is 2.58. The molecule has 3 aromatic carbocycles. The number of benzene rings is 3. The summed E-state index contributed by atoms with van der Waals surface area (Å²) < 4.78 is 70.1. The van der Waals surface area contributed by atoms with Gasteiger partial charge in [0.05, 0.1) is 26.7 Å². The molecule has 1 N–H and O–H groups in total. The summed E-state index contributed by atoms with van der Waals surface area (Å²) in [6.07, 6.45) is -2.87. The Bertz CT molecular complexity index is 1820. The summed E-state index contributed by atoms with van der Waals surface area (Å²) in [5, 5.41) is 12.6. The van der Waals surface area contributed by atoms with E-state index in [1.165, 1.54) is 4.90 Å². The Hall–Kier alpha value is -3.82. The third-order valence-electron chi connectivity index (χ3n) is 8.67. The number of carbonyl (C=O) groups excluding carboxylic acids is 2. The van der Waals surface area contributed by atoms with Crippen LogP contribution < -0.4 is 10.1 Å². The van der Waals surface area contributed by atoms with Gasteiger partial charge < -0.3 is 15.0 Å². The quantitative estimate of drug-likeness (QED) is 0.365. The average Bonchev–Trinajstić information content (AvgIpc) is 3.91. The van der Waals surface area contributed by atoms with Crippen LogP contribution in [0, 0.1) is 11.3 Å². The van der Waals surface area contributed by atoms with Crippen LogP contribution in [0.2, 0.25) is 5.02 Å². The molecule has 2 unspecified atom stereocenters. The fraction of sp³-hybridized carbons (Fsp3) is 0.387. The standard InChI is InChI=1S/C31H27ClF3N3O5S/c32-24-14-22(43-18-31(33,34)35)7-8-26(24)44(41,42)23-15-25(27(39)37-29(17-36)9-10-29)38(16-23)28(40)30(11-12-30)21-6-5-19-3-1-2-4-20(19)13-21/h1-8,13-14,23,25H,9-12,15-16,18H2,(H,37,39). The van der Waals surface area contributed by atoms with Crippen LogP contribution in [0.5, 0.6) is 5.75 Å². The highest BCUT2D eigenvalue weighted by atomic mass is 35.5. The molecular weight excluding hydrogens is 619 g/mol. The fourth-order valence-corrected chi connectivity index (χ4v) is 8.10. The number of likely N-dealkylation sites (tertiary alicyclic amines) is 1. The molecule has 3 aromatic rings. The van der Waals surface area contributed by atoms with E-state index < -0.39 is 50.8 Å². The monoisotopic (exact) mass is 645 g/mol. The topological polar surface area (TPSA) is 117 Å². The number of hydrogen-bond donors (Lipinski definition) is 1. The molecular formula is C31H27ClF3N3O5S. The molecule has 0 bridgehead atoms. The van der Waals surface area contributed by atoms with E-state index in [1.54, 1.807) is 0 Å². The molecule has 2 saturated carbocycles. The van der Waals surface area contributed by atoms with Gasteiger partial charge in [-0.15, -0.1) is 0 Å². The zero-order valence-electron chi connectivity index (χ0n) is 23.2. The number of nitrogens with zero attached hydrogens (tertiary/aromatic N) is 2.